The summed E-state index contributed by atoms with van der Waals surface area (Å²) in [6, 6.07) is 18.9. The van der Waals surface area contributed by atoms with Crippen molar-refractivity contribution in [2.24, 2.45) is 0 Å². The molecule has 4 aromatic rings. The van der Waals surface area contributed by atoms with Crippen LogP contribution in [0.2, 0.25) is 0 Å². The predicted molar refractivity (Wildman–Crippen MR) is 128 cm³/mol. The Morgan fingerprint density at radius 1 is 1.03 bits per heavy atom. The molecule has 1 aliphatic carbocycles. The number of rotatable bonds is 6. The van der Waals surface area contributed by atoms with Crippen molar-refractivity contribution in [1.82, 2.24) is 24.5 Å². The first-order valence-electron chi connectivity index (χ1n) is 11.8. The van der Waals surface area contributed by atoms with Crippen molar-refractivity contribution in [3.8, 4) is 17.0 Å². The second kappa shape index (κ2) is 8.48. The first kappa shape index (κ1) is 20.2. The minimum Gasteiger partial charge on any atom is -0.489 e. The van der Waals surface area contributed by atoms with E-state index >= 15 is 0 Å². The van der Waals surface area contributed by atoms with Crippen molar-refractivity contribution in [2.45, 2.75) is 44.2 Å². The molecule has 168 valence electrons. The van der Waals surface area contributed by atoms with E-state index in [1.807, 2.05) is 47.0 Å². The third-order valence-electron chi connectivity index (χ3n) is 7.02. The third kappa shape index (κ3) is 3.82. The number of imidazole rings is 1. The molecule has 33 heavy (non-hydrogen) atoms. The SMILES string of the molecule is Nc1ncnn2c(C3CCC(N4CCC4)C3)nc(-c3cccc(OCc4ccccc4)c3)c12. The standard InChI is InChI=1S/C26H28N6O/c27-25-24-23(19-8-4-9-22(15-19)33-16-18-6-2-1-3-7-18)30-26(32(24)29-17-28-25)20-10-11-21(14-20)31-12-5-13-31/h1-4,6-9,15,17,20-21H,5,10-14,16H2,(H2,27,28,29). The van der Waals surface area contributed by atoms with E-state index in [1.54, 1.807) is 0 Å². The van der Waals surface area contributed by atoms with Gasteiger partial charge in [0.1, 0.15) is 35.7 Å². The Morgan fingerprint density at radius 2 is 1.91 bits per heavy atom. The zero-order valence-corrected chi connectivity index (χ0v) is 18.6. The van der Waals surface area contributed by atoms with Crippen LogP contribution in [0.4, 0.5) is 5.82 Å². The van der Waals surface area contributed by atoms with Gasteiger partial charge in [0.15, 0.2) is 5.82 Å². The van der Waals surface area contributed by atoms with E-state index in [2.05, 4.69) is 27.1 Å². The van der Waals surface area contributed by atoms with Crippen LogP contribution in [0.15, 0.2) is 60.9 Å². The lowest BCUT2D eigenvalue weighted by Crippen LogP contribution is -2.43. The van der Waals surface area contributed by atoms with Gasteiger partial charge < -0.3 is 15.4 Å². The Hall–Kier alpha value is -3.45. The summed E-state index contributed by atoms with van der Waals surface area (Å²) in [6.45, 7) is 2.98. The fraction of sp³-hybridized carbons (Fsp3) is 0.346. The van der Waals surface area contributed by atoms with E-state index in [-0.39, 0.29) is 0 Å². The van der Waals surface area contributed by atoms with E-state index in [9.17, 15) is 0 Å². The fourth-order valence-corrected chi connectivity index (χ4v) is 5.15. The number of benzene rings is 2. The number of nitrogens with zero attached hydrogens (tertiary/aromatic N) is 5. The van der Waals surface area contributed by atoms with E-state index in [1.165, 1.54) is 32.3 Å². The van der Waals surface area contributed by atoms with E-state index < -0.39 is 0 Å². The second-order valence-electron chi connectivity index (χ2n) is 9.08. The van der Waals surface area contributed by atoms with Crippen molar-refractivity contribution in [3.05, 3.63) is 72.3 Å². The number of nitrogens with two attached hydrogens (primary N) is 1. The Kier molecular flexibility index (Phi) is 5.19. The normalized spacial score (nSPS) is 20.7. The van der Waals surface area contributed by atoms with Crippen molar-refractivity contribution < 1.29 is 4.74 Å². The first-order chi connectivity index (χ1) is 16.3. The molecule has 7 nitrogen and oxygen atoms in total. The molecule has 2 atom stereocenters. The smallest absolute Gasteiger partial charge is 0.153 e. The summed E-state index contributed by atoms with van der Waals surface area (Å²) in [5.74, 6) is 2.62. The van der Waals surface area contributed by atoms with Crippen LogP contribution < -0.4 is 10.5 Å². The molecular formula is C26H28N6O. The van der Waals surface area contributed by atoms with Crippen LogP contribution >= 0.6 is 0 Å². The van der Waals surface area contributed by atoms with E-state index in [0.29, 0.717) is 24.4 Å². The molecule has 2 fully saturated rings. The lowest BCUT2D eigenvalue weighted by atomic mass is 10.1. The Balaban J connectivity index is 1.32. The maximum atomic E-state index is 6.33. The molecule has 1 saturated heterocycles. The quantitative estimate of drug-likeness (QED) is 0.482. The molecule has 3 heterocycles. The molecule has 7 heteroatoms. The Morgan fingerprint density at radius 3 is 2.73 bits per heavy atom. The van der Waals surface area contributed by atoms with Crippen molar-refractivity contribution in [3.63, 3.8) is 0 Å². The van der Waals surface area contributed by atoms with Gasteiger partial charge in [-0.15, -0.1) is 0 Å². The summed E-state index contributed by atoms with van der Waals surface area (Å²) in [7, 11) is 0. The molecule has 0 radical (unpaired) electrons. The van der Waals surface area contributed by atoms with Gasteiger partial charge in [-0.05, 0) is 56.5 Å². The molecule has 6 rings (SSSR count). The lowest BCUT2D eigenvalue weighted by molar-refractivity contribution is 0.120. The molecular weight excluding hydrogens is 412 g/mol. The Labute approximate surface area is 193 Å². The average molecular weight is 441 g/mol. The van der Waals surface area contributed by atoms with Crippen molar-refractivity contribution in [2.75, 3.05) is 18.8 Å². The molecule has 0 bridgehead atoms. The Bertz CT molecular complexity index is 1270. The van der Waals surface area contributed by atoms with Crippen molar-refractivity contribution >= 4 is 11.3 Å². The van der Waals surface area contributed by atoms with Gasteiger partial charge in [-0.2, -0.15) is 5.10 Å². The summed E-state index contributed by atoms with van der Waals surface area (Å²) >= 11 is 0. The van der Waals surface area contributed by atoms with E-state index in [0.717, 1.165) is 46.8 Å². The number of aromatic nitrogens is 4. The zero-order chi connectivity index (χ0) is 22.2. The van der Waals surface area contributed by atoms with Gasteiger partial charge in [-0.1, -0.05) is 42.5 Å². The van der Waals surface area contributed by atoms with Gasteiger partial charge in [-0.25, -0.2) is 14.5 Å². The lowest BCUT2D eigenvalue weighted by Gasteiger charge is -2.36. The van der Waals surface area contributed by atoms with Crippen LogP contribution in [0.5, 0.6) is 5.75 Å². The van der Waals surface area contributed by atoms with Gasteiger partial charge in [0.25, 0.3) is 0 Å². The number of hydrogen-bond acceptors (Lipinski definition) is 6. The molecule has 2 N–H and O–H groups in total. The molecule has 2 aliphatic rings. The van der Waals surface area contributed by atoms with Gasteiger partial charge >= 0.3 is 0 Å². The zero-order valence-electron chi connectivity index (χ0n) is 18.6. The van der Waals surface area contributed by atoms with Crippen LogP contribution in [0.1, 0.15) is 43.0 Å². The molecule has 0 spiro atoms. The predicted octanol–water partition coefficient (Wildman–Crippen LogP) is 4.29. The van der Waals surface area contributed by atoms with Crippen molar-refractivity contribution in [1.29, 1.82) is 0 Å². The van der Waals surface area contributed by atoms with Crippen LogP contribution in [0.3, 0.4) is 0 Å². The summed E-state index contributed by atoms with van der Waals surface area (Å²) in [6.07, 6.45) is 6.33. The summed E-state index contributed by atoms with van der Waals surface area (Å²) in [5, 5.41) is 4.55. The average Bonchev–Trinajstić information content (AvgIpc) is 3.43. The highest BCUT2D eigenvalue weighted by atomic mass is 16.5. The molecule has 2 aromatic carbocycles. The fourth-order valence-electron chi connectivity index (χ4n) is 5.15. The maximum Gasteiger partial charge on any atom is 0.153 e. The summed E-state index contributed by atoms with van der Waals surface area (Å²) in [5.41, 5.74) is 10.0. The molecule has 1 aliphatic heterocycles. The molecule has 1 saturated carbocycles. The molecule has 2 aromatic heterocycles. The van der Waals surface area contributed by atoms with E-state index in [4.69, 9.17) is 15.5 Å². The largest absolute Gasteiger partial charge is 0.489 e. The molecule has 0 amide bonds. The number of nitrogen functional groups attached to an aromatic ring is 1. The van der Waals surface area contributed by atoms with Crippen LogP contribution in [-0.2, 0) is 6.61 Å². The highest BCUT2D eigenvalue weighted by Gasteiger charge is 2.35. The second-order valence-corrected chi connectivity index (χ2v) is 9.08. The highest BCUT2D eigenvalue weighted by Crippen LogP contribution is 2.40. The number of fused-ring (bicyclic) bond motifs is 1. The first-order valence-corrected chi connectivity index (χ1v) is 11.8. The van der Waals surface area contributed by atoms with Crippen LogP contribution in [0.25, 0.3) is 16.8 Å². The van der Waals surface area contributed by atoms with Gasteiger partial charge in [-0.3, -0.25) is 0 Å². The minimum absolute atomic E-state index is 0.378. The maximum absolute atomic E-state index is 6.33. The number of likely N-dealkylation sites (tertiary alicyclic amines) is 1. The monoisotopic (exact) mass is 440 g/mol. The number of anilines is 1. The van der Waals surface area contributed by atoms with Gasteiger partial charge in [0.2, 0.25) is 0 Å². The summed E-state index contributed by atoms with van der Waals surface area (Å²) in [4.78, 5) is 12.0. The summed E-state index contributed by atoms with van der Waals surface area (Å²) < 4.78 is 7.97. The molecule has 2 unspecified atom stereocenters. The van der Waals surface area contributed by atoms with Crippen LogP contribution in [-0.4, -0.2) is 43.6 Å². The number of ether oxygens (including phenoxy) is 1. The van der Waals surface area contributed by atoms with Gasteiger partial charge in [0.05, 0.1) is 0 Å². The van der Waals surface area contributed by atoms with Gasteiger partial charge in [0, 0.05) is 17.5 Å². The number of hydrogen-bond donors (Lipinski definition) is 1. The third-order valence-corrected chi connectivity index (χ3v) is 7.02. The van der Waals surface area contributed by atoms with Crippen LogP contribution in [0, 0.1) is 0 Å². The topological polar surface area (TPSA) is 81.6 Å². The highest BCUT2D eigenvalue weighted by molar-refractivity contribution is 5.85. The minimum atomic E-state index is 0.378.